The van der Waals surface area contributed by atoms with Gasteiger partial charge in [0.05, 0.1) is 0 Å². The maximum atomic E-state index is 3.66. The van der Waals surface area contributed by atoms with Crippen molar-refractivity contribution in [2.45, 2.75) is 51.0 Å². The standard InChI is InChI=1S/C12H21N/c1-11(13-2)9-4-5-10(8-9)12(11)6-3-7-12/h9-10,13H,3-8H2,1-2H3/t9-,10+,11+/m0/s1. The van der Waals surface area contributed by atoms with Crippen LogP contribution in [-0.4, -0.2) is 12.6 Å². The van der Waals surface area contributed by atoms with E-state index in [1.54, 1.807) is 0 Å². The van der Waals surface area contributed by atoms with Crippen LogP contribution in [0, 0.1) is 17.3 Å². The molecule has 1 heteroatoms. The van der Waals surface area contributed by atoms with Crippen LogP contribution in [0.2, 0.25) is 0 Å². The van der Waals surface area contributed by atoms with Gasteiger partial charge in [0.2, 0.25) is 0 Å². The summed E-state index contributed by atoms with van der Waals surface area (Å²) < 4.78 is 0. The van der Waals surface area contributed by atoms with Gasteiger partial charge in [0, 0.05) is 5.54 Å². The lowest BCUT2D eigenvalue weighted by Crippen LogP contribution is -2.61. The van der Waals surface area contributed by atoms with Crippen molar-refractivity contribution in [3.63, 3.8) is 0 Å². The second-order valence-corrected chi connectivity index (χ2v) is 5.67. The van der Waals surface area contributed by atoms with Gasteiger partial charge in [-0.05, 0) is 63.3 Å². The molecule has 74 valence electrons. The summed E-state index contributed by atoms with van der Waals surface area (Å²) in [6, 6.07) is 0. The van der Waals surface area contributed by atoms with Crippen LogP contribution in [0.3, 0.4) is 0 Å². The molecule has 3 rings (SSSR count). The third-order valence-electron chi connectivity index (χ3n) is 5.83. The molecule has 3 atom stereocenters. The fourth-order valence-corrected chi connectivity index (χ4v) is 4.78. The summed E-state index contributed by atoms with van der Waals surface area (Å²) in [6.45, 7) is 2.50. The Morgan fingerprint density at radius 1 is 1.15 bits per heavy atom. The van der Waals surface area contributed by atoms with Gasteiger partial charge in [0.1, 0.15) is 0 Å². The van der Waals surface area contributed by atoms with Crippen LogP contribution in [0.5, 0.6) is 0 Å². The van der Waals surface area contributed by atoms with Crippen LogP contribution < -0.4 is 5.32 Å². The molecule has 1 N–H and O–H groups in total. The number of hydrogen-bond acceptors (Lipinski definition) is 1. The zero-order valence-corrected chi connectivity index (χ0v) is 8.90. The molecule has 0 aliphatic heterocycles. The highest BCUT2D eigenvalue weighted by Gasteiger charge is 2.66. The molecule has 0 heterocycles. The SMILES string of the molecule is CN[C@]1(C)[C@H]2CC[C@H](C2)C12CCC2. The summed E-state index contributed by atoms with van der Waals surface area (Å²) in [5, 5.41) is 3.66. The summed E-state index contributed by atoms with van der Waals surface area (Å²) in [4.78, 5) is 0. The van der Waals surface area contributed by atoms with E-state index in [2.05, 4.69) is 19.3 Å². The summed E-state index contributed by atoms with van der Waals surface area (Å²) in [5.74, 6) is 2.06. The Morgan fingerprint density at radius 2 is 1.85 bits per heavy atom. The van der Waals surface area contributed by atoms with Gasteiger partial charge in [-0.15, -0.1) is 0 Å². The van der Waals surface area contributed by atoms with Gasteiger partial charge in [0.15, 0.2) is 0 Å². The molecule has 0 amide bonds. The molecule has 3 aliphatic carbocycles. The molecular weight excluding hydrogens is 158 g/mol. The number of hydrogen-bond donors (Lipinski definition) is 1. The molecule has 3 aliphatic rings. The third-order valence-corrected chi connectivity index (χ3v) is 5.83. The smallest absolute Gasteiger partial charge is 0.0237 e. The third kappa shape index (κ3) is 0.707. The first-order valence-corrected chi connectivity index (χ1v) is 5.92. The van der Waals surface area contributed by atoms with Crippen LogP contribution in [-0.2, 0) is 0 Å². The van der Waals surface area contributed by atoms with Crippen molar-refractivity contribution in [2.75, 3.05) is 7.05 Å². The first kappa shape index (κ1) is 8.28. The van der Waals surface area contributed by atoms with E-state index in [0.717, 1.165) is 17.3 Å². The van der Waals surface area contributed by atoms with E-state index >= 15 is 0 Å². The molecular formula is C12H21N. The number of fused-ring (bicyclic) bond motifs is 3. The lowest BCUT2D eigenvalue weighted by Gasteiger charge is -2.57. The average molecular weight is 179 g/mol. The lowest BCUT2D eigenvalue weighted by molar-refractivity contribution is -0.0363. The van der Waals surface area contributed by atoms with Gasteiger partial charge in [-0.2, -0.15) is 0 Å². The first-order chi connectivity index (χ1) is 6.23. The van der Waals surface area contributed by atoms with Crippen molar-refractivity contribution in [3.8, 4) is 0 Å². The second-order valence-electron chi connectivity index (χ2n) is 5.67. The van der Waals surface area contributed by atoms with Crippen LogP contribution in [0.25, 0.3) is 0 Å². The van der Waals surface area contributed by atoms with Gasteiger partial charge >= 0.3 is 0 Å². The van der Waals surface area contributed by atoms with E-state index in [0.29, 0.717) is 5.54 Å². The second kappa shape index (κ2) is 2.31. The van der Waals surface area contributed by atoms with E-state index in [-0.39, 0.29) is 0 Å². The largest absolute Gasteiger partial charge is 0.314 e. The van der Waals surface area contributed by atoms with Crippen molar-refractivity contribution >= 4 is 0 Å². The van der Waals surface area contributed by atoms with Gasteiger partial charge < -0.3 is 5.32 Å². The molecule has 1 nitrogen and oxygen atoms in total. The Hall–Kier alpha value is -0.0400. The molecule has 3 saturated carbocycles. The van der Waals surface area contributed by atoms with Crippen molar-refractivity contribution in [3.05, 3.63) is 0 Å². The highest BCUT2D eigenvalue weighted by Crippen LogP contribution is 2.69. The van der Waals surface area contributed by atoms with Crippen LogP contribution in [0.4, 0.5) is 0 Å². The van der Waals surface area contributed by atoms with E-state index in [4.69, 9.17) is 0 Å². The molecule has 0 unspecified atom stereocenters. The minimum absolute atomic E-state index is 0.494. The lowest BCUT2D eigenvalue weighted by atomic mass is 9.52. The highest BCUT2D eigenvalue weighted by atomic mass is 15.0. The average Bonchev–Trinajstić information content (AvgIpc) is 2.59. The van der Waals surface area contributed by atoms with Gasteiger partial charge in [-0.25, -0.2) is 0 Å². The molecule has 0 radical (unpaired) electrons. The fraction of sp³-hybridized carbons (Fsp3) is 1.00. The maximum Gasteiger partial charge on any atom is 0.0237 e. The Labute approximate surface area is 81.3 Å². The van der Waals surface area contributed by atoms with E-state index in [1.165, 1.54) is 38.5 Å². The number of nitrogens with one attached hydrogen (secondary N) is 1. The molecule has 2 bridgehead atoms. The van der Waals surface area contributed by atoms with Crippen LogP contribution in [0.15, 0.2) is 0 Å². The Kier molecular flexibility index (Phi) is 1.47. The quantitative estimate of drug-likeness (QED) is 0.652. The summed E-state index contributed by atoms with van der Waals surface area (Å²) >= 11 is 0. The molecule has 0 saturated heterocycles. The van der Waals surface area contributed by atoms with E-state index in [1.807, 2.05) is 0 Å². The zero-order valence-electron chi connectivity index (χ0n) is 8.90. The van der Waals surface area contributed by atoms with Crippen molar-refractivity contribution in [2.24, 2.45) is 17.3 Å². The summed E-state index contributed by atoms with van der Waals surface area (Å²) in [6.07, 6.45) is 9.04. The Balaban J connectivity index is 2.00. The van der Waals surface area contributed by atoms with Crippen molar-refractivity contribution < 1.29 is 0 Å². The summed E-state index contributed by atoms with van der Waals surface area (Å²) in [7, 11) is 2.18. The summed E-state index contributed by atoms with van der Waals surface area (Å²) in [5.41, 5.74) is 1.22. The topological polar surface area (TPSA) is 12.0 Å². The van der Waals surface area contributed by atoms with Crippen molar-refractivity contribution in [1.82, 2.24) is 5.32 Å². The Morgan fingerprint density at radius 3 is 2.31 bits per heavy atom. The van der Waals surface area contributed by atoms with E-state index in [9.17, 15) is 0 Å². The van der Waals surface area contributed by atoms with Gasteiger partial charge in [0.25, 0.3) is 0 Å². The molecule has 0 aromatic carbocycles. The minimum Gasteiger partial charge on any atom is -0.314 e. The Bertz CT molecular complexity index is 216. The highest BCUT2D eigenvalue weighted by molar-refractivity contribution is 5.19. The fourth-order valence-electron chi connectivity index (χ4n) is 4.78. The predicted octanol–water partition coefficient (Wildman–Crippen LogP) is 2.56. The molecule has 3 fully saturated rings. The van der Waals surface area contributed by atoms with Gasteiger partial charge in [-0.1, -0.05) is 6.42 Å². The predicted molar refractivity (Wildman–Crippen MR) is 54.6 cm³/mol. The first-order valence-electron chi connectivity index (χ1n) is 5.92. The minimum atomic E-state index is 0.494. The molecule has 1 spiro atoms. The monoisotopic (exact) mass is 179 g/mol. The normalized spacial score (nSPS) is 51.2. The van der Waals surface area contributed by atoms with Crippen LogP contribution >= 0.6 is 0 Å². The van der Waals surface area contributed by atoms with Crippen molar-refractivity contribution in [1.29, 1.82) is 0 Å². The maximum absolute atomic E-state index is 3.66. The van der Waals surface area contributed by atoms with E-state index < -0.39 is 0 Å². The van der Waals surface area contributed by atoms with Crippen LogP contribution in [0.1, 0.15) is 45.4 Å². The molecule has 0 aromatic heterocycles. The van der Waals surface area contributed by atoms with Gasteiger partial charge in [-0.3, -0.25) is 0 Å². The number of rotatable bonds is 1. The molecule has 13 heavy (non-hydrogen) atoms. The zero-order chi connectivity index (χ0) is 9.10. The molecule has 0 aromatic rings.